The van der Waals surface area contributed by atoms with Gasteiger partial charge in [0.25, 0.3) is 0 Å². The Kier molecular flexibility index (Phi) is 3.67. The number of aryl methyl sites for hydroxylation is 4. The molecule has 0 amide bonds. The highest BCUT2D eigenvalue weighted by atomic mass is 16.6. The fourth-order valence-corrected chi connectivity index (χ4v) is 3.55. The van der Waals surface area contributed by atoms with Crippen molar-refractivity contribution >= 4 is 22.1 Å². The Bertz CT molecular complexity index is 1170. The third kappa shape index (κ3) is 2.66. The first-order valence-electron chi connectivity index (χ1n) is 9.03. The summed E-state index contributed by atoms with van der Waals surface area (Å²) in [6, 6.07) is 7.85. The van der Waals surface area contributed by atoms with Crippen LogP contribution in [0.3, 0.4) is 0 Å². The Balaban J connectivity index is 1.47. The molecule has 0 bridgehead atoms. The predicted molar refractivity (Wildman–Crippen MR) is 101 cm³/mol. The van der Waals surface area contributed by atoms with E-state index in [1.54, 1.807) is 6.20 Å². The molecule has 1 aliphatic rings. The number of ether oxygens (including phenoxy) is 2. The van der Waals surface area contributed by atoms with Gasteiger partial charge in [0.15, 0.2) is 11.5 Å². The average Bonchev–Trinajstić information content (AvgIpc) is 3.03. The maximum Gasteiger partial charge on any atom is 0.189 e. The van der Waals surface area contributed by atoms with E-state index >= 15 is 0 Å². The summed E-state index contributed by atoms with van der Waals surface area (Å²) in [5.74, 6) is 3.28. The summed E-state index contributed by atoms with van der Waals surface area (Å²) in [5.41, 5.74) is 4.52. The van der Waals surface area contributed by atoms with E-state index in [2.05, 4.69) is 19.5 Å². The van der Waals surface area contributed by atoms with Crippen molar-refractivity contribution in [2.45, 2.75) is 19.8 Å². The van der Waals surface area contributed by atoms with Gasteiger partial charge in [0, 0.05) is 26.1 Å². The molecule has 0 atom stereocenters. The van der Waals surface area contributed by atoms with Gasteiger partial charge in [-0.1, -0.05) is 0 Å². The molecule has 136 valence electrons. The largest absolute Gasteiger partial charge is 0.486 e. The second-order valence-electron chi connectivity index (χ2n) is 6.64. The topological polar surface area (TPSA) is 75.0 Å². The summed E-state index contributed by atoms with van der Waals surface area (Å²) in [6.45, 7) is 3.10. The number of nitrogens with zero attached hydrogens (tertiary/aromatic N) is 5. The van der Waals surface area contributed by atoms with Crippen molar-refractivity contribution in [3.05, 3.63) is 47.8 Å². The van der Waals surface area contributed by atoms with Crippen LogP contribution in [0.5, 0.6) is 11.5 Å². The van der Waals surface area contributed by atoms with Gasteiger partial charge in [0.05, 0.1) is 16.7 Å². The SMILES string of the molecule is Cc1nc(CCc2nc3c4c(ccc3n2C)OCCO4)nc2cccnc12. The monoisotopic (exact) mass is 361 g/mol. The van der Waals surface area contributed by atoms with Crippen molar-refractivity contribution in [1.29, 1.82) is 0 Å². The molecule has 4 heterocycles. The van der Waals surface area contributed by atoms with E-state index < -0.39 is 0 Å². The Labute approximate surface area is 156 Å². The van der Waals surface area contributed by atoms with Crippen molar-refractivity contribution in [1.82, 2.24) is 24.5 Å². The zero-order valence-corrected chi connectivity index (χ0v) is 15.3. The molecule has 0 spiro atoms. The first-order chi connectivity index (χ1) is 13.2. The molecule has 0 N–H and O–H groups in total. The van der Waals surface area contributed by atoms with Crippen LogP contribution in [0.15, 0.2) is 30.5 Å². The van der Waals surface area contributed by atoms with Crippen molar-refractivity contribution in [2.75, 3.05) is 13.2 Å². The molecule has 5 rings (SSSR count). The molecule has 1 aliphatic heterocycles. The van der Waals surface area contributed by atoms with Crippen molar-refractivity contribution < 1.29 is 9.47 Å². The number of aromatic nitrogens is 5. The number of fused-ring (bicyclic) bond motifs is 4. The number of hydrogen-bond donors (Lipinski definition) is 0. The molecule has 1 aromatic carbocycles. The van der Waals surface area contributed by atoms with Crippen molar-refractivity contribution in [3.63, 3.8) is 0 Å². The third-order valence-electron chi connectivity index (χ3n) is 4.90. The lowest BCUT2D eigenvalue weighted by Crippen LogP contribution is -2.15. The number of imidazole rings is 1. The highest BCUT2D eigenvalue weighted by Crippen LogP contribution is 2.37. The summed E-state index contributed by atoms with van der Waals surface area (Å²) >= 11 is 0. The van der Waals surface area contributed by atoms with Crippen LogP contribution in [0.25, 0.3) is 22.1 Å². The zero-order valence-electron chi connectivity index (χ0n) is 15.3. The minimum atomic E-state index is 0.552. The predicted octanol–water partition coefficient (Wildman–Crippen LogP) is 2.78. The van der Waals surface area contributed by atoms with Crippen LogP contribution in [0.4, 0.5) is 0 Å². The highest BCUT2D eigenvalue weighted by Gasteiger charge is 2.20. The summed E-state index contributed by atoms with van der Waals surface area (Å²) in [5, 5.41) is 0. The molecule has 3 aromatic heterocycles. The van der Waals surface area contributed by atoms with Gasteiger partial charge in [-0.05, 0) is 31.2 Å². The van der Waals surface area contributed by atoms with Crippen LogP contribution in [0, 0.1) is 6.92 Å². The minimum absolute atomic E-state index is 0.552. The molecule has 0 radical (unpaired) electrons. The van der Waals surface area contributed by atoms with Crippen LogP contribution in [-0.2, 0) is 19.9 Å². The van der Waals surface area contributed by atoms with Crippen LogP contribution in [-0.4, -0.2) is 37.7 Å². The molecule has 0 saturated carbocycles. The lowest BCUT2D eigenvalue weighted by Gasteiger charge is -2.18. The van der Waals surface area contributed by atoms with E-state index in [1.165, 1.54) is 0 Å². The Morgan fingerprint density at radius 3 is 2.81 bits per heavy atom. The summed E-state index contributed by atoms with van der Waals surface area (Å²) in [4.78, 5) is 18.4. The van der Waals surface area contributed by atoms with Crippen LogP contribution >= 0.6 is 0 Å². The van der Waals surface area contributed by atoms with Gasteiger partial charge in [-0.15, -0.1) is 0 Å². The Morgan fingerprint density at radius 1 is 1.00 bits per heavy atom. The molecule has 7 nitrogen and oxygen atoms in total. The quantitative estimate of drug-likeness (QED) is 0.559. The zero-order chi connectivity index (χ0) is 18.4. The maximum atomic E-state index is 5.80. The standard InChI is InChI=1S/C20H19N5O2/c1-12-18-13(4-3-9-21-18)23-16(22-12)7-8-17-24-19-14(25(17)2)5-6-15-20(19)27-11-10-26-15/h3-6,9H,7-8,10-11H2,1-2H3. The van der Waals surface area contributed by atoms with E-state index in [9.17, 15) is 0 Å². The molecular weight excluding hydrogens is 342 g/mol. The molecule has 4 aromatic rings. The van der Waals surface area contributed by atoms with Gasteiger partial charge in [-0.25, -0.2) is 15.0 Å². The summed E-state index contributed by atoms with van der Waals surface area (Å²) in [7, 11) is 2.02. The molecule has 27 heavy (non-hydrogen) atoms. The van der Waals surface area contributed by atoms with E-state index in [4.69, 9.17) is 14.5 Å². The highest BCUT2D eigenvalue weighted by molar-refractivity contribution is 5.85. The Morgan fingerprint density at radius 2 is 1.89 bits per heavy atom. The van der Waals surface area contributed by atoms with Gasteiger partial charge in [-0.3, -0.25) is 4.98 Å². The van der Waals surface area contributed by atoms with Gasteiger partial charge in [0.2, 0.25) is 0 Å². The fraction of sp³-hybridized carbons (Fsp3) is 0.300. The van der Waals surface area contributed by atoms with Crippen LogP contribution in [0.1, 0.15) is 17.3 Å². The van der Waals surface area contributed by atoms with E-state index in [0.29, 0.717) is 19.6 Å². The second-order valence-corrected chi connectivity index (χ2v) is 6.64. The van der Waals surface area contributed by atoms with Gasteiger partial charge in [0.1, 0.15) is 35.9 Å². The molecule has 0 fully saturated rings. The van der Waals surface area contributed by atoms with E-state index in [0.717, 1.165) is 57.3 Å². The normalized spacial score (nSPS) is 13.4. The molecule has 7 heteroatoms. The van der Waals surface area contributed by atoms with Crippen molar-refractivity contribution in [2.24, 2.45) is 7.05 Å². The van der Waals surface area contributed by atoms with Gasteiger partial charge < -0.3 is 14.0 Å². The number of hydrogen-bond acceptors (Lipinski definition) is 6. The van der Waals surface area contributed by atoms with Gasteiger partial charge >= 0.3 is 0 Å². The minimum Gasteiger partial charge on any atom is -0.486 e. The lowest BCUT2D eigenvalue weighted by atomic mass is 10.2. The first kappa shape index (κ1) is 16.0. The third-order valence-corrected chi connectivity index (χ3v) is 4.90. The van der Waals surface area contributed by atoms with E-state index in [-0.39, 0.29) is 0 Å². The molecule has 0 aliphatic carbocycles. The van der Waals surface area contributed by atoms with Gasteiger partial charge in [-0.2, -0.15) is 0 Å². The fourth-order valence-electron chi connectivity index (χ4n) is 3.55. The van der Waals surface area contributed by atoms with Crippen LogP contribution < -0.4 is 9.47 Å². The summed E-state index contributed by atoms with van der Waals surface area (Å²) < 4.78 is 13.6. The number of rotatable bonds is 3. The smallest absolute Gasteiger partial charge is 0.189 e. The van der Waals surface area contributed by atoms with E-state index in [1.807, 2.05) is 38.2 Å². The average molecular weight is 361 g/mol. The summed E-state index contributed by atoms with van der Waals surface area (Å²) in [6.07, 6.45) is 3.22. The maximum absolute atomic E-state index is 5.80. The first-order valence-corrected chi connectivity index (χ1v) is 9.03. The number of benzene rings is 1. The Hall–Kier alpha value is -3.22. The molecular formula is C20H19N5O2. The molecule has 0 unspecified atom stereocenters. The van der Waals surface area contributed by atoms with Crippen molar-refractivity contribution in [3.8, 4) is 11.5 Å². The number of pyridine rings is 1. The lowest BCUT2D eigenvalue weighted by molar-refractivity contribution is 0.173. The second kappa shape index (κ2) is 6.19. The van der Waals surface area contributed by atoms with Crippen LogP contribution in [0.2, 0.25) is 0 Å². The molecule has 0 saturated heterocycles.